The first-order chi connectivity index (χ1) is 5.20. The van der Waals surface area contributed by atoms with Crippen LogP contribution in [0.1, 0.15) is 33.1 Å². The molecule has 0 amide bonds. The van der Waals surface area contributed by atoms with Gasteiger partial charge in [-0.3, -0.25) is 0 Å². The van der Waals surface area contributed by atoms with Crippen molar-refractivity contribution in [2.24, 2.45) is 4.99 Å². The number of carbonyl (C=O) groups excluding carboxylic acids is 1. The summed E-state index contributed by atoms with van der Waals surface area (Å²) in [6.07, 6.45) is 4.39. The molecule has 0 heterocycles. The summed E-state index contributed by atoms with van der Waals surface area (Å²) in [5.41, 5.74) is 1.07. The van der Waals surface area contributed by atoms with Crippen molar-refractivity contribution in [3.05, 3.63) is 12.2 Å². The molecular formula is C9H15NO. The fraction of sp³-hybridized carbons (Fsp3) is 0.667. The lowest BCUT2D eigenvalue weighted by Gasteiger charge is -2.07. The van der Waals surface area contributed by atoms with Crippen molar-refractivity contribution >= 4 is 6.08 Å². The molecule has 0 aliphatic heterocycles. The summed E-state index contributed by atoms with van der Waals surface area (Å²) in [7, 11) is 0. The molecule has 0 aromatic carbocycles. The zero-order valence-corrected chi connectivity index (χ0v) is 7.26. The molecule has 62 valence electrons. The molecule has 11 heavy (non-hydrogen) atoms. The third kappa shape index (κ3) is 5.56. The highest BCUT2D eigenvalue weighted by atomic mass is 16.1. The molecule has 0 bridgehead atoms. The fourth-order valence-corrected chi connectivity index (χ4v) is 1.02. The maximum absolute atomic E-state index is 9.95. The van der Waals surface area contributed by atoms with E-state index < -0.39 is 0 Å². The molecule has 0 aliphatic rings. The van der Waals surface area contributed by atoms with Gasteiger partial charge in [-0.1, -0.05) is 18.9 Å². The van der Waals surface area contributed by atoms with Gasteiger partial charge in [-0.2, -0.15) is 0 Å². The number of aliphatic imine (C=N–C) groups is 1. The third-order valence-electron chi connectivity index (χ3n) is 1.44. The van der Waals surface area contributed by atoms with Gasteiger partial charge in [0.25, 0.3) is 0 Å². The van der Waals surface area contributed by atoms with Gasteiger partial charge in [0.1, 0.15) is 0 Å². The molecule has 0 N–H and O–H groups in total. The van der Waals surface area contributed by atoms with Crippen LogP contribution < -0.4 is 0 Å². The molecule has 0 aromatic rings. The Morgan fingerprint density at radius 2 is 2.36 bits per heavy atom. The maximum atomic E-state index is 9.95. The van der Waals surface area contributed by atoms with Crippen LogP contribution in [0.4, 0.5) is 0 Å². The average molecular weight is 153 g/mol. The summed E-state index contributed by atoms with van der Waals surface area (Å²) in [5.74, 6) is 0. The molecule has 0 saturated carbocycles. The first-order valence-electron chi connectivity index (χ1n) is 3.92. The summed E-state index contributed by atoms with van der Waals surface area (Å²) < 4.78 is 0. The Morgan fingerprint density at radius 1 is 1.73 bits per heavy atom. The molecule has 1 unspecified atom stereocenters. The molecule has 0 rings (SSSR count). The van der Waals surface area contributed by atoms with E-state index in [-0.39, 0.29) is 6.04 Å². The van der Waals surface area contributed by atoms with Crippen LogP contribution in [0.15, 0.2) is 17.1 Å². The Balaban J connectivity index is 3.88. The first kappa shape index (κ1) is 10.1. The summed E-state index contributed by atoms with van der Waals surface area (Å²) in [6, 6.07) is 0.106. The topological polar surface area (TPSA) is 29.4 Å². The predicted molar refractivity (Wildman–Crippen MR) is 46.2 cm³/mol. The molecule has 1 atom stereocenters. The van der Waals surface area contributed by atoms with Crippen LogP contribution in [0.25, 0.3) is 0 Å². The van der Waals surface area contributed by atoms with Crippen molar-refractivity contribution < 1.29 is 4.79 Å². The molecular weight excluding hydrogens is 138 g/mol. The van der Waals surface area contributed by atoms with Crippen molar-refractivity contribution in [2.45, 2.75) is 39.2 Å². The summed E-state index contributed by atoms with van der Waals surface area (Å²) >= 11 is 0. The smallest absolute Gasteiger partial charge is 0.211 e. The van der Waals surface area contributed by atoms with Crippen LogP contribution in [-0.4, -0.2) is 12.1 Å². The highest BCUT2D eigenvalue weighted by Crippen LogP contribution is 2.10. The van der Waals surface area contributed by atoms with Gasteiger partial charge in [0.15, 0.2) is 0 Å². The zero-order chi connectivity index (χ0) is 8.69. The molecule has 2 heteroatoms. The van der Waals surface area contributed by atoms with Crippen LogP contribution in [0.3, 0.4) is 0 Å². The minimum Gasteiger partial charge on any atom is -0.211 e. The second kappa shape index (κ2) is 5.87. The van der Waals surface area contributed by atoms with E-state index in [0.717, 1.165) is 24.8 Å². The van der Waals surface area contributed by atoms with Crippen LogP contribution in [-0.2, 0) is 4.79 Å². The summed E-state index contributed by atoms with van der Waals surface area (Å²) in [5, 5.41) is 0. The molecule has 0 saturated heterocycles. The standard InChI is InChI=1S/C9H15NO/c1-4-5-9(10-7-11)6-8(2)3/h9H,2,4-6H2,1,3H3. The monoisotopic (exact) mass is 153 g/mol. The Labute approximate surface area is 68.0 Å². The molecule has 0 aromatic heterocycles. The lowest BCUT2D eigenvalue weighted by Crippen LogP contribution is -2.03. The van der Waals surface area contributed by atoms with Gasteiger partial charge in [0.05, 0.1) is 6.04 Å². The van der Waals surface area contributed by atoms with Gasteiger partial charge < -0.3 is 0 Å². The van der Waals surface area contributed by atoms with Crippen molar-refractivity contribution in [3.8, 4) is 0 Å². The zero-order valence-electron chi connectivity index (χ0n) is 7.26. The van der Waals surface area contributed by atoms with Crippen molar-refractivity contribution in [3.63, 3.8) is 0 Å². The number of hydrogen-bond donors (Lipinski definition) is 0. The van der Waals surface area contributed by atoms with Crippen LogP contribution in [0.2, 0.25) is 0 Å². The predicted octanol–water partition coefficient (Wildman–Crippen LogP) is 2.46. The molecule has 0 spiro atoms. The van der Waals surface area contributed by atoms with Crippen LogP contribution in [0, 0.1) is 0 Å². The van der Waals surface area contributed by atoms with Gasteiger partial charge >= 0.3 is 0 Å². The van der Waals surface area contributed by atoms with Crippen molar-refractivity contribution in [1.82, 2.24) is 0 Å². The van der Waals surface area contributed by atoms with Crippen molar-refractivity contribution in [1.29, 1.82) is 0 Å². The number of hydrogen-bond acceptors (Lipinski definition) is 2. The Kier molecular flexibility index (Phi) is 5.40. The van der Waals surface area contributed by atoms with E-state index in [0.29, 0.717) is 0 Å². The largest absolute Gasteiger partial charge is 0.235 e. The maximum Gasteiger partial charge on any atom is 0.235 e. The SMILES string of the molecule is C=C(C)CC(CCC)N=C=O. The second-order valence-corrected chi connectivity index (χ2v) is 2.82. The van der Waals surface area contributed by atoms with Gasteiger partial charge in [-0.15, -0.1) is 6.58 Å². The normalized spacial score (nSPS) is 11.8. The summed E-state index contributed by atoms with van der Waals surface area (Å²) in [6.45, 7) is 7.79. The van der Waals surface area contributed by atoms with E-state index in [9.17, 15) is 4.79 Å². The van der Waals surface area contributed by atoms with Crippen LogP contribution in [0.5, 0.6) is 0 Å². The average Bonchev–Trinajstić information content (AvgIpc) is 1.87. The van der Waals surface area contributed by atoms with E-state index in [2.05, 4.69) is 18.5 Å². The highest BCUT2D eigenvalue weighted by molar-refractivity contribution is 5.33. The van der Waals surface area contributed by atoms with Gasteiger partial charge in [0, 0.05) is 0 Å². The Bertz CT molecular complexity index is 168. The van der Waals surface area contributed by atoms with Crippen LogP contribution >= 0.6 is 0 Å². The summed E-state index contributed by atoms with van der Waals surface area (Å²) in [4.78, 5) is 13.6. The Hall–Kier alpha value is -0.880. The number of nitrogens with zero attached hydrogens (tertiary/aromatic N) is 1. The quantitative estimate of drug-likeness (QED) is 0.339. The van der Waals surface area contributed by atoms with Gasteiger partial charge in [0.2, 0.25) is 6.08 Å². The highest BCUT2D eigenvalue weighted by Gasteiger charge is 2.04. The molecule has 0 fully saturated rings. The van der Waals surface area contributed by atoms with E-state index >= 15 is 0 Å². The lowest BCUT2D eigenvalue weighted by molar-refractivity contribution is 0.545. The van der Waals surface area contributed by atoms with E-state index in [1.54, 1.807) is 6.08 Å². The second-order valence-electron chi connectivity index (χ2n) is 2.82. The Morgan fingerprint density at radius 3 is 2.73 bits per heavy atom. The van der Waals surface area contributed by atoms with Gasteiger partial charge in [-0.05, 0) is 19.8 Å². The lowest BCUT2D eigenvalue weighted by atomic mass is 10.1. The number of rotatable bonds is 5. The number of isocyanates is 1. The van der Waals surface area contributed by atoms with Gasteiger partial charge in [-0.25, -0.2) is 9.79 Å². The molecule has 2 nitrogen and oxygen atoms in total. The fourth-order valence-electron chi connectivity index (χ4n) is 1.02. The minimum absolute atomic E-state index is 0.106. The van der Waals surface area contributed by atoms with Crippen molar-refractivity contribution in [2.75, 3.05) is 0 Å². The first-order valence-corrected chi connectivity index (χ1v) is 3.92. The third-order valence-corrected chi connectivity index (χ3v) is 1.44. The van der Waals surface area contributed by atoms with E-state index in [1.807, 2.05) is 6.92 Å². The molecule has 0 aliphatic carbocycles. The van der Waals surface area contributed by atoms with E-state index in [4.69, 9.17) is 0 Å². The minimum atomic E-state index is 0.106. The van der Waals surface area contributed by atoms with E-state index in [1.165, 1.54) is 0 Å². The molecule has 0 radical (unpaired) electrons.